The number of carbonyl (C=O) groups is 2. The van der Waals surface area contributed by atoms with Crippen molar-refractivity contribution in [3.63, 3.8) is 0 Å². The molecule has 2 aliphatic rings. The number of ether oxygens (including phenoxy) is 2. The summed E-state index contributed by atoms with van der Waals surface area (Å²) in [4.78, 5) is 26.6. The SMILES string of the molecule is COc1ccc(S(=O)(=O)N2[C@H](C(=O)NO)C[C@@H]3CCN(C(=O)OCc4ccccc4)C[C@@H]32)cc1. The monoisotopic (exact) mass is 489 g/mol. The van der Waals surface area contributed by atoms with Gasteiger partial charge >= 0.3 is 6.09 Å². The van der Waals surface area contributed by atoms with Crippen LogP contribution in [0.5, 0.6) is 5.75 Å². The fourth-order valence-electron chi connectivity index (χ4n) is 4.65. The molecule has 3 atom stereocenters. The number of piperidine rings is 1. The summed E-state index contributed by atoms with van der Waals surface area (Å²) in [6, 6.07) is 13.4. The van der Waals surface area contributed by atoms with Gasteiger partial charge in [-0.05, 0) is 48.6 Å². The number of fused-ring (bicyclic) bond motifs is 1. The number of likely N-dealkylation sites (tertiary alicyclic amines) is 1. The molecule has 0 unspecified atom stereocenters. The van der Waals surface area contributed by atoms with Crippen LogP contribution in [0.2, 0.25) is 0 Å². The maximum Gasteiger partial charge on any atom is 0.410 e. The van der Waals surface area contributed by atoms with Gasteiger partial charge in [0.1, 0.15) is 18.4 Å². The summed E-state index contributed by atoms with van der Waals surface area (Å²) in [5, 5.41) is 9.25. The number of benzene rings is 2. The first-order valence-electron chi connectivity index (χ1n) is 10.9. The Kier molecular flexibility index (Phi) is 7.05. The highest BCUT2D eigenvalue weighted by Crippen LogP contribution is 2.40. The second-order valence-corrected chi connectivity index (χ2v) is 10.2. The number of carbonyl (C=O) groups excluding carboxylic acids is 2. The molecule has 2 amide bonds. The predicted molar refractivity (Wildman–Crippen MR) is 120 cm³/mol. The second-order valence-electron chi connectivity index (χ2n) is 8.34. The molecule has 34 heavy (non-hydrogen) atoms. The molecule has 2 aromatic carbocycles. The normalized spacial score (nSPS) is 22.6. The Morgan fingerprint density at radius 3 is 2.47 bits per heavy atom. The molecule has 2 saturated heterocycles. The van der Waals surface area contributed by atoms with E-state index in [1.54, 1.807) is 5.48 Å². The topological polar surface area (TPSA) is 125 Å². The summed E-state index contributed by atoms with van der Waals surface area (Å²) >= 11 is 0. The van der Waals surface area contributed by atoms with E-state index < -0.39 is 34.1 Å². The Labute approximate surface area is 198 Å². The maximum absolute atomic E-state index is 13.6. The zero-order valence-electron chi connectivity index (χ0n) is 18.7. The third-order valence-corrected chi connectivity index (χ3v) is 8.34. The van der Waals surface area contributed by atoms with Crippen molar-refractivity contribution in [1.82, 2.24) is 14.7 Å². The number of sulfonamides is 1. The number of hydrogen-bond donors (Lipinski definition) is 2. The van der Waals surface area contributed by atoms with Crippen molar-refractivity contribution in [2.45, 2.75) is 36.4 Å². The second kappa shape index (κ2) is 10.00. The molecule has 0 radical (unpaired) electrons. The highest BCUT2D eigenvalue weighted by molar-refractivity contribution is 7.89. The fraction of sp³-hybridized carbons (Fsp3) is 0.391. The van der Waals surface area contributed by atoms with Gasteiger partial charge in [-0.15, -0.1) is 0 Å². The smallest absolute Gasteiger partial charge is 0.410 e. The van der Waals surface area contributed by atoms with E-state index in [2.05, 4.69) is 0 Å². The van der Waals surface area contributed by atoms with Crippen LogP contribution in [0.15, 0.2) is 59.5 Å². The molecule has 0 aromatic heterocycles. The first-order chi connectivity index (χ1) is 16.3. The van der Waals surface area contributed by atoms with Crippen LogP contribution in [0.1, 0.15) is 18.4 Å². The van der Waals surface area contributed by atoms with Crippen LogP contribution in [0.3, 0.4) is 0 Å². The van der Waals surface area contributed by atoms with Gasteiger partial charge < -0.3 is 14.4 Å². The van der Waals surface area contributed by atoms with Crippen molar-refractivity contribution in [2.75, 3.05) is 20.2 Å². The number of nitrogens with zero attached hydrogens (tertiary/aromatic N) is 2. The molecule has 2 N–H and O–H groups in total. The van der Waals surface area contributed by atoms with Gasteiger partial charge in [-0.25, -0.2) is 18.7 Å². The Morgan fingerprint density at radius 2 is 1.82 bits per heavy atom. The van der Waals surface area contributed by atoms with Crippen LogP contribution < -0.4 is 10.2 Å². The molecular weight excluding hydrogens is 462 g/mol. The lowest BCUT2D eigenvalue weighted by molar-refractivity contribution is -0.132. The molecule has 0 bridgehead atoms. The lowest BCUT2D eigenvalue weighted by atomic mass is 9.91. The van der Waals surface area contributed by atoms with Gasteiger partial charge in [-0.3, -0.25) is 10.0 Å². The van der Waals surface area contributed by atoms with Crippen LogP contribution >= 0.6 is 0 Å². The summed E-state index contributed by atoms with van der Waals surface area (Å²) < 4.78 is 38.8. The van der Waals surface area contributed by atoms with Gasteiger partial charge in [-0.2, -0.15) is 4.31 Å². The van der Waals surface area contributed by atoms with E-state index in [1.807, 2.05) is 30.3 Å². The number of nitrogens with one attached hydrogen (secondary N) is 1. The lowest BCUT2D eigenvalue weighted by Gasteiger charge is -2.37. The third-order valence-electron chi connectivity index (χ3n) is 6.39. The minimum absolute atomic E-state index is 0.00605. The zero-order valence-corrected chi connectivity index (χ0v) is 19.5. The van der Waals surface area contributed by atoms with E-state index >= 15 is 0 Å². The van der Waals surface area contributed by atoms with Crippen LogP contribution in [-0.2, 0) is 26.2 Å². The standard InChI is InChI=1S/C23H27N3O7S/c1-32-18-7-9-19(10-8-18)34(30,31)26-20(22(27)24-29)13-17-11-12-25(14-21(17)26)23(28)33-15-16-5-3-2-4-6-16/h2-10,17,20-21,29H,11-15H2,1H3,(H,24,27)/t17-,20-,21-/m0/s1. The van der Waals surface area contributed by atoms with Crippen LogP contribution in [0, 0.1) is 5.92 Å². The Bertz CT molecular complexity index is 1130. The number of methoxy groups -OCH3 is 1. The van der Waals surface area contributed by atoms with E-state index in [1.165, 1.54) is 36.3 Å². The van der Waals surface area contributed by atoms with Crippen molar-refractivity contribution in [3.05, 3.63) is 60.2 Å². The molecule has 11 heteroatoms. The van der Waals surface area contributed by atoms with Crippen molar-refractivity contribution in [1.29, 1.82) is 0 Å². The Hall–Kier alpha value is -3.15. The van der Waals surface area contributed by atoms with E-state index in [4.69, 9.17) is 9.47 Å². The minimum Gasteiger partial charge on any atom is -0.497 e. The summed E-state index contributed by atoms with van der Waals surface area (Å²) in [5.41, 5.74) is 2.43. The Balaban J connectivity index is 1.56. The first-order valence-corrected chi connectivity index (χ1v) is 12.4. The number of rotatable bonds is 6. The highest BCUT2D eigenvalue weighted by atomic mass is 32.2. The molecule has 182 valence electrons. The average Bonchev–Trinajstić information content (AvgIpc) is 3.27. The third kappa shape index (κ3) is 4.72. The molecule has 10 nitrogen and oxygen atoms in total. The molecule has 2 aliphatic heterocycles. The summed E-state index contributed by atoms with van der Waals surface area (Å²) in [5.74, 6) is -0.453. The molecule has 2 fully saturated rings. The van der Waals surface area contributed by atoms with E-state index in [9.17, 15) is 23.2 Å². The van der Waals surface area contributed by atoms with Crippen LogP contribution in [0.25, 0.3) is 0 Å². The molecule has 0 aliphatic carbocycles. The van der Waals surface area contributed by atoms with Crippen molar-refractivity contribution < 1.29 is 32.7 Å². The van der Waals surface area contributed by atoms with Gasteiger partial charge in [0.25, 0.3) is 5.91 Å². The number of hydroxylamine groups is 1. The minimum atomic E-state index is -4.12. The molecule has 4 rings (SSSR count). The molecular formula is C23H27N3O7S. The maximum atomic E-state index is 13.6. The summed E-state index contributed by atoms with van der Waals surface area (Å²) in [6.45, 7) is 0.579. The van der Waals surface area contributed by atoms with Gasteiger partial charge in [0.2, 0.25) is 10.0 Å². The predicted octanol–water partition coefficient (Wildman–Crippen LogP) is 1.99. The van der Waals surface area contributed by atoms with Crippen LogP contribution in [-0.4, -0.2) is 67.1 Å². The van der Waals surface area contributed by atoms with Crippen molar-refractivity contribution >= 4 is 22.0 Å². The molecule has 0 spiro atoms. The van der Waals surface area contributed by atoms with E-state index in [0.29, 0.717) is 18.7 Å². The van der Waals surface area contributed by atoms with Gasteiger partial charge in [0.05, 0.1) is 12.0 Å². The number of amides is 2. The van der Waals surface area contributed by atoms with E-state index in [0.717, 1.165) is 9.87 Å². The number of hydrogen-bond acceptors (Lipinski definition) is 7. The average molecular weight is 490 g/mol. The lowest BCUT2D eigenvalue weighted by Crippen LogP contribution is -2.54. The Morgan fingerprint density at radius 1 is 1.12 bits per heavy atom. The van der Waals surface area contributed by atoms with Crippen LogP contribution in [0.4, 0.5) is 4.79 Å². The van der Waals surface area contributed by atoms with Crippen molar-refractivity contribution in [2.24, 2.45) is 5.92 Å². The first kappa shape index (κ1) is 24.0. The van der Waals surface area contributed by atoms with E-state index in [-0.39, 0.29) is 30.4 Å². The molecule has 2 heterocycles. The fourth-order valence-corrected chi connectivity index (χ4v) is 6.49. The molecule has 2 aromatic rings. The quantitative estimate of drug-likeness (QED) is 0.470. The summed E-state index contributed by atoms with van der Waals surface area (Å²) in [7, 11) is -2.64. The molecule has 0 saturated carbocycles. The summed E-state index contributed by atoms with van der Waals surface area (Å²) in [6.07, 6.45) is 0.216. The largest absolute Gasteiger partial charge is 0.497 e. The van der Waals surface area contributed by atoms with Crippen molar-refractivity contribution in [3.8, 4) is 5.75 Å². The van der Waals surface area contributed by atoms with Gasteiger partial charge in [0.15, 0.2) is 0 Å². The zero-order chi connectivity index (χ0) is 24.3. The highest BCUT2D eigenvalue weighted by Gasteiger charge is 2.52. The van der Waals surface area contributed by atoms with Gasteiger partial charge in [-0.1, -0.05) is 30.3 Å². The van der Waals surface area contributed by atoms with Gasteiger partial charge in [0, 0.05) is 19.1 Å².